The van der Waals surface area contributed by atoms with Crippen molar-refractivity contribution in [2.24, 2.45) is 0 Å². The number of pyridine rings is 1. The van der Waals surface area contributed by atoms with Gasteiger partial charge in [0.2, 0.25) is 0 Å². The summed E-state index contributed by atoms with van der Waals surface area (Å²) < 4.78 is 20.5. The molecule has 29 heavy (non-hydrogen) atoms. The van der Waals surface area contributed by atoms with Gasteiger partial charge >= 0.3 is 0 Å². The van der Waals surface area contributed by atoms with Crippen LogP contribution in [0.5, 0.6) is 11.5 Å². The van der Waals surface area contributed by atoms with Crippen molar-refractivity contribution in [2.75, 3.05) is 0 Å². The van der Waals surface area contributed by atoms with Gasteiger partial charge in [0.25, 0.3) is 0 Å². The van der Waals surface area contributed by atoms with Crippen LogP contribution in [0.25, 0.3) is 22.0 Å². The Kier molecular flexibility index (Phi) is 4.97. The summed E-state index contributed by atoms with van der Waals surface area (Å²) in [6.45, 7) is 7.80. The summed E-state index contributed by atoms with van der Waals surface area (Å²) in [5.74, 6) is 0.892. The third kappa shape index (κ3) is 3.56. The average molecular weight is 387 g/mol. The molecule has 0 aliphatic heterocycles. The summed E-state index contributed by atoms with van der Waals surface area (Å²) >= 11 is 0. The highest BCUT2D eigenvalue weighted by Crippen LogP contribution is 2.35. The number of nitrogens with zero attached hydrogens (tertiary/aromatic N) is 3. The van der Waals surface area contributed by atoms with Crippen molar-refractivity contribution in [3.8, 4) is 22.6 Å². The van der Waals surface area contributed by atoms with E-state index in [-0.39, 0.29) is 5.82 Å². The highest BCUT2D eigenvalue weighted by atomic mass is 19.1. The monoisotopic (exact) mass is 387 g/mol. The molecular formula is C24H22FN3O. The minimum atomic E-state index is -0.250. The van der Waals surface area contributed by atoms with Crippen LogP contribution in [0.2, 0.25) is 0 Å². The van der Waals surface area contributed by atoms with E-state index >= 15 is 0 Å². The zero-order valence-electron chi connectivity index (χ0n) is 17.0. The molecule has 0 bridgehead atoms. The summed E-state index contributed by atoms with van der Waals surface area (Å²) in [7, 11) is 0. The second kappa shape index (κ2) is 7.59. The third-order valence-electron chi connectivity index (χ3n) is 5.16. The van der Waals surface area contributed by atoms with Gasteiger partial charge in [-0.05, 0) is 68.1 Å². The molecule has 0 saturated heterocycles. The maximum Gasteiger partial charge on any atom is 0.138 e. The number of ether oxygens (including phenoxy) is 1. The summed E-state index contributed by atoms with van der Waals surface area (Å²) in [5, 5.41) is 0.854. The lowest BCUT2D eigenvalue weighted by Gasteiger charge is -2.14. The molecule has 0 radical (unpaired) electrons. The third-order valence-corrected chi connectivity index (χ3v) is 5.16. The molecule has 4 aromatic rings. The Morgan fingerprint density at radius 2 is 1.66 bits per heavy atom. The Morgan fingerprint density at radius 1 is 0.897 bits per heavy atom. The number of rotatable bonds is 4. The Hall–Kier alpha value is -3.34. The van der Waals surface area contributed by atoms with Gasteiger partial charge in [0.05, 0.1) is 5.52 Å². The molecule has 0 aliphatic carbocycles. The first-order valence-corrected chi connectivity index (χ1v) is 9.62. The fraction of sp³-hybridized carbons (Fsp3) is 0.208. The fourth-order valence-electron chi connectivity index (χ4n) is 3.60. The van der Waals surface area contributed by atoms with Crippen molar-refractivity contribution < 1.29 is 9.13 Å². The van der Waals surface area contributed by atoms with E-state index in [9.17, 15) is 4.39 Å². The Labute approximate surface area is 169 Å². The maximum absolute atomic E-state index is 14.3. The highest BCUT2D eigenvalue weighted by Gasteiger charge is 2.13. The number of benzene rings is 2. The Morgan fingerprint density at radius 3 is 2.38 bits per heavy atom. The van der Waals surface area contributed by atoms with E-state index in [4.69, 9.17) is 4.74 Å². The molecule has 146 valence electrons. The molecule has 2 heterocycles. The normalized spacial score (nSPS) is 11.1. The van der Waals surface area contributed by atoms with E-state index < -0.39 is 0 Å². The van der Waals surface area contributed by atoms with Crippen LogP contribution in [0.3, 0.4) is 0 Å². The smallest absolute Gasteiger partial charge is 0.138 e. The van der Waals surface area contributed by atoms with E-state index in [1.165, 1.54) is 6.07 Å². The molecule has 0 atom stereocenters. The van der Waals surface area contributed by atoms with Gasteiger partial charge in [0, 0.05) is 34.6 Å². The summed E-state index contributed by atoms with van der Waals surface area (Å²) in [5.41, 5.74) is 6.21. The summed E-state index contributed by atoms with van der Waals surface area (Å²) in [6.07, 6.45) is 3.92. The average Bonchev–Trinajstić information content (AvgIpc) is 2.70. The van der Waals surface area contributed by atoms with Crippen LogP contribution in [0.15, 0.2) is 48.9 Å². The van der Waals surface area contributed by atoms with Crippen LogP contribution in [0.4, 0.5) is 4.39 Å². The van der Waals surface area contributed by atoms with Crippen molar-refractivity contribution in [1.82, 2.24) is 15.0 Å². The van der Waals surface area contributed by atoms with Crippen LogP contribution < -0.4 is 4.74 Å². The topological polar surface area (TPSA) is 47.9 Å². The fourth-order valence-corrected chi connectivity index (χ4v) is 3.60. The Balaban J connectivity index is 1.83. The molecule has 0 spiro atoms. The number of fused-ring (bicyclic) bond motifs is 1. The predicted molar refractivity (Wildman–Crippen MR) is 113 cm³/mol. The molecule has 5 heteroatoms. The Bertz CT molecular complexity index is 1200. The van der Waals surface area contributed by atoms with Crippen LogP contribution in [-0.4, -0.2) is 15.0 Å². The lowest BCUT2D eigenvalue weighted by molar-refractivity contribution is 0.476. The molecule has 0 saturated carbocycles. The van der Waals surface area contributed by atoms with Crippen molar-refractivity contribution in [2.45, 2.75) is 34.1 Å². The van der Waals surface area contributed by atoms with Crippen LogP contribution in [-0.2, 0) is 6.42 Å². The van der Waals surface area contributed by atoms with E-state index in [1.54, 1.807) is 18.6 Å². The second-order valence-corrected chi connectivity index (χ2v) is 7.13. The highest BCUT2D eigenvalue weighted by molar-refractivity contribution is 5.90. The van der Waals surface area contributed by atoms with Crippen molar-refractivity contribution >= 4 is 10.9 Å². The van der Waals surface area contributed by atoms with Gasteiger partial charge < -0.3 is 4.74 Å². The van der Waals surface area contributed by atoms with Crippen molar-refractivity contribution in [1.29, 1.82) is 0 Å². The van der Waals surface area contributed by atoms with Gasteiger partial charge in [-0.3, -0.25) is 4.98 Å². The number of halogens is 1. The van der Waals surface area contributed by atoms with Gasteiger partial charge in [-0.2, -0.15) is 0 Å². The molecular weight excluding hydrogens is 365 g/mol. The van der Waals surface area contributed by atoms with Crippen molar-refractivity contribution in [3.05, 3.63) is 77.3 Å². The first-order valence-electron chi connectivity index (χ1n) is 9.62. The number of hydrogen-bond donors (Lipinski definition) is 0. The van der Waals surface area contributed by atoms with Gasteiger partial charge in [-0.15, -0.1) is 0 Å². The molecule has 0 N–H and O–H groups in total. The van der Waals surface area contributed by atoms with E-state index in [0.29, 0.717) is 23.5 Å². The van der Waals surface area contributed by atoms with Gasteiger partial charge in [0.1, 0.15) is 23.6 Å². The van der Waals surface area contributed by atoms with Crippen LogP contribution in [0.1, 0.15) is 29.4 Å². The van der Waals surface area contributed by atoms with Gasteiger partial charge in [-0.1, -0.05) is 13.0 Å². The van der Waals surface area contributed by atoms with E-state index in [2.05, 4.69) is 15.0 Å². The zero-order valence-corrected chi connectivity index (χ0v) is 17.0. The van der Waals surface area contributed by atoms with E-state index in [1.807, 2.05) is 52.0 Å². The van der Waals surface area contributed by atoms with Gasteiger partial charge in [0.15, 0.2) is 0 Å². The first-order chi connectivity index (χ1) is 14.0. The standard InChI is InChI=1S/C24H22FN3O/c1-5-17-10-14(2)23(12-20(17)25)29-22-8-9-26-21-7-6-18(11-19(21)22)24-15(3)27-13-28-16(24)4/h6-13H,5H2,1-4H3. The quantitative estimate of drug-likeness (QED) is 0.424. The van der Waals surface area contributed by atoms with Crippen molar-refractivity contribution in [3.63, 3.8) is 0 Å². The molecule has 0 amide bonds. The maximum atomic E-state index is 14.3. The predicted octanol–water partition coefficient (Wildman–Crippen LogP) is 6.11. The molecule has 4 rings (SSSR count). The number of aryl methyl sites for hydroxylation is 4. The number of hydrogen-bond acceptors (Lipinski definition) is 4. The molecule has 0 fully saturated rings. The van der Waals surface area contributed by atoms with Gasteiger partial charge in [-0.25, -0.2) is 14.4 Å². The minimum absolute atomic E-state index is 0.250. The lowest BCUT2D eigenvalue weighted by atomic mass is 10.0. The molecule has 4 nitrogen and oxygen atoms in total. The lowest BCUT2D eigenvalue weighted by Crippen LogP contribution is -1.96. The SMILES string of the molecule is CCc1cc(C)c(Oc2ccnc3ccc(-c4c(C)ncnc4C)cc23)cc1F. The van der Waals surface area contributed by atoms with Crippen LogP contribution >= 0.6 is 0 Å². The molecule has 2 aromatic heterocycles. The number of aromatic nitrogens is 3. The first kappa shape index (κ1) is 19.0. The molecule has 2 aromatic carbocycles. The summed E-state index contributed by atoms with van der Waals surface area (Å²) in [4.78, 5) is 13.1. The van der Waals surface area contributed by atoms with Crippen LogP contribution in [0, 0.1) is 26.6 Å². The van der Waals surface area contributed by atoms with E-state index in [0.717, 1.165) is 39.0 Å². The molecule has 0 aliphatic rings. The second-order valence-electron chi connectivity index (χ2n) is 7.13. The molecule has 0 unspecified atom stereocenters. The summed E-state index contributed by atoms with van der Waals surface area (Å²) in [6, 6.07) is 11.1. The zero-order chi connectivity index (χ0) is 20.5. The largest absolute Gasteiger partial charge is 0.456 e. The minimum Gasteiger partial charge on any atom is -0.456 e.